The summed E-state index contributed by atoms with van der Waals surface area (Å²) in [6.45, 7) is 2.15. The number of esters is 1. The van der Waals surface area contributed by atoms with Crippen molar-refractivity contribution in [2.45, 2.75) is 24.9 Å². The van der Waals surface area contributed by atoms with Gasteiger partial charge in [-0.1, -0.05) is 42.5 Å². The standard InChI is InChI=1S/C23H22N2O6S/c1-2-31-23(26)20-10-8-19(9-11-20)17-24(16-18-6-4-3-5-7-18)32(29,30)22-14-12-21(13-15-22)25(27)28/h3-15H,2,16-17H2,1H3. The molecule has 0 aliphatic rings. The van der Waals surface area contributed by atoms with Gasteiger partial charge in [0, 0.05) is 25.2 Å². The molecule has 0 radical (unpaired) electrons. The molecule has 166 valence electrons. The summed E-state index contributed by atoms with van der Waals surface area (Å²) in [5.41, 5.74) is 1.66. The lowest BCUT2D eigenvalue weighted by Crippen LogP contribution is -2.30. The Kier molecular flexibility index (Phi) is 7.34. The monoisotopic (exact) mass is 454 g/mol. The average molecular weight is 455 g/mol. The number of rotatable bonds is 9. The van der Waals surface area contributed by atoms with Gasteiger partial charge in [0.25, 0.3) is 5.69 Å². The smallest absolute Gasteiger partial charge is 0.338 e. The van der Waals surface area contributed by atoms with E-state index in [9.17, 15) is 23.3 Å². The minimum atomic E-state index is -3.96. The van der Waals surface area contributed by atoms with E-state index in [-0.39, 0.29) is 30.3 Å². The second-order valence-electron chi connectivity index (χ2n) is 6.93. The van der Waals surface area contributed by atoms with Crippen LogP contribution in [-0.4, -0.2) is 30.2 Å². The summed E-state index contributed by atoms with van der Waals surface area (Å²) in [7, 11) is -3.96. The van der Waals surface area contributed by atoms with E-state index in [1.54, 1.807) is 31.2 Å². The quantitative estimate of drug-likeness (QED) is 0.273. The van der Waals surface area contributed by atoms with E-state index in [0.717, 1.165) is 5.56 Å². The Bertz CT molecular complexity index is 1180. The lowest BCUT2D eigenvalue weighted by atomic mass is 10.1. The molecule has 0 saturated carbocycles. The zero-order valence-corrected chi connectivity index (χ0v) is 18.2. The van der Waals surface area contributed by atoms with Crippen molar-refractivity contribution in [3.8, 4) is 0 Å². The molecule has 0 aromatic heterocycles. The molecule has 0 bridgehead atoms. The molecule has 0 saturated heterocycles. The van der Waals surface area contributed by atoms with E-state index in [1.807, 2.05) is 30.3 Å². The van der Waals surface area contributed by atoms with Crippen LogP contribution in [0.3, 0.4) is 0 Å². The van der Waals surface area contributed by atoms with Gasteiger partial charge in [0.15, 0.2) is 0 Å². The third-order valence-corrected chi connectivity index (χ3v) is 6.52. The lowest BCUT2D eigenvalue weighted by Gasteiger charge is -2.22. The largest absolute Gasteiger partial charge is 0.462 e. The van der Waals surface area contributed by atoms with Crippen molar-refractivity contribution in [2.24, 2.45) is 0 Å². The number of hydrogen-bond acceptors (Lipinski definition) is 6. The minimum Gasteiger partial charge on any atom is -0.462 e. The number of sulfonamides is 1. The van der Waals surface area contributed by atoms with Crippen LogP contribution in [0.25, 0.3) is 0 Å². The molecule has 0 N–H and O–H groups in total. The van der Waals surface area contributed by atoms with Crippen molar-refractivity contribution in [1.82, 2.24) is 4.31 Å². The maximum Gasteiger partial charge on any atom is 0.338 e. The second-order valence-corrected chi connectivity index (χ2v) is 8.87. The van der Waals surface area contributed by atoms with Crippen molar-refractivity contribution in [3.63, 3.8) is 0 Å². The Morgan fingerprint density at radius 2 is 1.47 bits per heavy atom. The number of carbonyl (C=O) groups excluding carboxylic acids is 1. The highest BCUT2D eigenvalue weighted by atomic mass is 32.2. The van der Waals surface area contributed by atoms with Crippen LogP contribution in [0.2, 0.25) is 0 Å². The lowest BCUT2D eigenvalue weighted by molar-refractivity contribution is -0.384. The molecular formula is C23H22N2O6S. The molecule has 32 heavy (non-hydrogen) atoms. The molecule has 0 aliphatic heterocycles. The first-order valence-electron chi connectivity index (χ1n) is 9.86. The molecular weight excluding hydrogens is 432 g/mol. The Labute approximate surface area is 186 Å². The third-order valence-electron chi connectivity index (χ3n) is 4.71. The van der Waals surface area contributed by atoms with E-state index < -0.39 is 20.9 Å². The Hall–Kier alpha value is -3.56. The summed E-state index contributed by atoms with van der Waals surface area (Å²) >= 11 is 0. The summed E-state index contributed by atoms with van der Waals surface area (Å²) in [6, 6.07) is 20.5. The number of nitrogens with zero attached hydrogens (tertiary/aromatic N) is 2. The molecule has 3 aromatic carbocycles. The van der Waals surface area contributed by atoms with Crippen LogP contribution in [0.15, 0.2) is 83.8 Å². The van der Waals surface area contributed by atoms with E-state index >= 15 is 0 Å². The molecule has 3 aromatic rings. The molecule has 0 heterocycles. The predicted octanol–water partition coefficient (Wildman–Crippen LogP) is 4.16. The molecule has 3 rings (SSSR count). The van der Waals surface area contributed by atoms with Crippen molar-refractivity contribution < 1.29 is 22.9 Å². The molecule has 0 unspecified atom stereocenters. The summed E-state index contributed by atoms with van der Waals surface area (Å²) in [4.78, 5) is 22.2. The number of carbonyl (C=O) groups is 1. The van der Waals surface area contributed by atoms with Crippen LogP contribution >= 0.6 is 0 Å². The van der Waals surface area contributed by atoms with Gasteiger partial charge in [-0.15, -0.1) is 0 Å². The van der Waals surface area contributed by atoms with Gasteiger partial charge in [-0.2, -0.15) is 4.31 Å². The highest BCUT2D eigenvalue weighted by Gasteiger charge is 2.26. The maximum absolute atomic E-state index is 13.4. The van der Waals surface area contributed by atoms with Gasteiger partial charge in [-0.05, 0) is 42.3 Å². The normalized spacial score (nSPS) is 11.3. The van der Waals surface area contributed by atoms with E-state index in [1.165, 1.54) is 28.6 Å². The van der Waals surface area contributed by atoms with Crippen molar-refractivity contribution in [2.75, 3.05) is 6.61 Å². The molecule has 9 heteroatoms. The third kappa shape index (κ3) is 5.57. The Morgan fingerprint density at radius 1 is 0.906 bits per heavy atom. The minimum absolute atomic E-state index is 0.0397. The molecule has 8 nitrogen and oxygen atoms in total. The van der Waals surface area contributed by atoms with Crippen molar-refractivity contribution in [3.05, 3.63) is 106 Å². The van der Waals surface area contributed by atoms with Gasteiger partial charge in [-0.3, -0.25) is 10.1 Å². The first-order chi connectivity index (χ1) is 15.3. The topological polar surface area (TPSA) is 107 Å². The van der Waals surface area contributed by atoms with Crippen LogP contribution < -0.4 is 0 Å². The fourth-order valence-corrected chi connectivity index (χ4v) is 4.48. The SMILES string of the molecule is CCOC(=O)c1ccc(CN(Cc2ccccc2)S(=O)(=O)c2ccc([N+](=O)[O-])cc2)cc1. The summed E-state index contributed by atoms with van der Waals surface area (Å²) in [5, 5.41) is 10.9. The van der Waals surface area contributed by atoms with Crippen LogP contribution in [0.1, 0.15) is 28.4 Å². The van der Waals surface area contributed by atoms with Gasteiger partial charge >= 0.3 is 5.97 Å². The average Bonchev–Trinajstić information content (AvgIpc) is 2.80. The summed E-state index contributed by atoms with van der Waals surface area (Å²) < 4.78 is 33.0. The highest BCUT2D eigenvalue weighted by Crippen LogP contribution is 2.23. The van der Waals surface area contributed by atoms with Crippen LogP contribution in [0.5, 0.6) is 0 Å². The molecule has 0 spiro atoms. The van der Waals surface area contributed by atoms with Crippen molar-refractivity contribution in [1.29, 1.82) is 0 Å². The number of non-ortho nitro benzene ring substituents is 1. The number of hydrogen-bond donors (Lipinski definition) is 0. The Balaban J connectivity index is 1.91. The Morgan fingerprint density at radius 3 is 2.00 bits per heavy atom. The zero-order valence-electron chi connectivity index (χ0n) is 17.4. The first-order valence-corrected chi connectivity index (χ1v) is 11.3. The number of ether oxygens (including phenoxy) is 1. The molecule has 0 atom stereocenters. The van der Waals surface area contributed by atoms with E-state index in [0.29, 0.717) is 11.1 Å². The van der Waals surface area contributed by atoms with Gasteiger partial charge in [0.2, 0.25) is 10.0 Å². The van der Waals surface area contributed by atoms with E-state index in [2.05, 4.69) is 0 Å². The molecule has 0 aliphatic carbocycles. The van der Waals surface area contributed by atoms with E-state index in [4.69, 9.17) is 4.74 Å². The summed E-state index contributed by atoms with van der Waals surface area (Å²) in [6.07, 6.45) is 0. The number of nitro benzene ring substituents is 1. The predicted molar refractivity (Wildman–Crippen MR) is 118 cm³/mol. The number of benzene rings is 3. The van der Waals surface area contributed by atoms with Crippen LogP contribution in [-0.2, 0) is 27.8 Å². The first kappa shape index (κ1) is 23.1. The van der Waals surface area contributed by atoms with Crippen LogP contribution in [0, 0.1) is 10.1 Å². The maximum atomic E-state index is 13.4. The zero-order chi connectivity index (χ0) is 23.1. The van der Waals surface area contributed by atoms with Crippen LogP contribution in [0.4, 0.5) is 5.69 Å². The summed E-state index contributed by atoms with van der Waals surface area (Å²) in [5.74, 6) is -0.446. The fourth-order valence-electron chi connectivity index (χ4n) is 3.07. The van der Waals surface area contributed by atoms with Gasteiger partial charge in [0.1, 0.15) is 0 Å². The van der Waals surface area contributed by atoms with Gasteiger partial charge < -0.3 is 4.74 Å². The fraction of sp³-hybridized carbons (Fsp3) is 0.174. The van der Waals surface area contributed by atoms with Gasteiger partial charge in [0.05, 0.1) is 22.0 Å². The highest BCUT2D eigenvalue weighted by molar-refractivity contribution is 7.89. The molecule has 0 amide bonds. The van der Waals surface area contributed by atoms with Crippen molar-refractivity contribution >= 4 is 21.7 Å². The number of nitro groups is 1. The molecule has 0 fully saturated rings. The van der Waals surface area contributed by atoms with Gasteiger partial charge in [-0.25, -0.2) is 13.2 Å². The second kappa shape index (κ2) is 10.2.